The highest BCUT2D eigenvalue weighted by molar-refractivity contribution is 5.82. The molecule has 0 aromatic rings. The van der Waals surface area contributed by atoms with Crippen LogP contribution >= 0.6 is 0 Å². The monoisotopic (exact) mass is 358 g/mol. The Morgan fingerprint density at radius 2 is 1.68 bits per heavy atom. The first-order valence-electron chi connectivity index (χ1n) is 9.12. The smallest absolute Gasteiger partial charge is 0.309 e. The fourth-order valence-electron chi connectivity index (χ4n) is 2.80. The minimum absolute atomic E-state index is 0.0411. The van der Waals surface area contributed by atoms with E-state index in [1.165, 1.54) is 0 Å². The molecule has 25 heavy (non-hydrogen) atoms. The number of amides is 1. The number of carbonyl (C=O) groups excluding carboxylic acids is 2. The lowest BCUT2D eigenvalue weighted by Crippen LogP contribution is -2.55. The maximum Gasteiger partial charge on any atom is 0.309 e. The van der Waals surface area contributed by atoms with E-state index in [4.69, 9.17) is 15.2 Å². The van der Waals surface area contributed by atoms with Gasteiger partial charge in [0, 0.05) is 14.2 Å². The van der Waals surface area contributed by atoms with E-state index in [9.17, 15) is 9.59 Å². The zero-order valence-corrected chi connectivity index (χ0v) is 17.5. The summed E-state index contributed by atoms with van der Waals surface area (Å²) in [6.07, 6.45) is 0.503. The van der Waals surface area contributed by atoms with Crippen LogP contribution in [0.15, 0.2) is 0 Å². The van der Waals surface area contributed by atoms with Gasteiger partial charge in [0.25, 0.3) is 0 Å². The Hall–Kier alpha value is -1.14. The van der Waals surface area contributed by atoms with Gasteiger partial charge in [-0.05, 0) is 32.6 Å². The Balaban J connectivity index is 5.39. The molecule has 148 valence electrons. The molecule has 0 rings (SSSR count). The van der Waals surface area contributed by atoms with E-state index in [-0.39, 0.29) is 36.2 Å². The maximum absolute atomic E-state index is 12.7. The number of nitrogens with zero attached hydrogens (tertiary/aromatic N) is 1. The fraction of sp³-hybridized carbons (Fsp3) is 0.895. The highest BCUT2D eigenvalue weighted by atomic mass is 16.6. The van der Waals surface area contributed by atoms with Gasteiger partial charge in [0.1, 0.15) is 5.60 Å². The number of methoxy groups -OCH3 is 1. The summed E-state index contributed by atoms with van der Waals surface area (Å²) in [4.78, 5) is 26.6. The van der Waals surface area contributed by atoms with E-state index in [1.807, 2.05) is 34.6 Å². The molecule has 0 aliphatic carbocycles. The first kappa shape index (κ1) is 23.9. The number of rotatable bonds is 9. The van der Waals surface area contributed by atoms with Crippen molar-refractivity contribution in [3.8, 4) is 0 Å². The SMILES string of the molecule is CC[C@H](C)[C@@H]([C@H](CC(=O)OC(C)(C)C)OC)N(C)C(=O)[C@@H](N)C(C)C. The van der Waals surface area contributed by atoms with Gasteiger partial charge in [0.05, 0.1) is 24.6 Å². The van der Waals surface area contributed by atoms with Crippen LogP contribution in [0.4, 0.5) is 0 Å². The third-order valence-electron chi connectivity index (χ3n) is 4.50. The fourth-order valence-corrected chi connectivity index (χ4v) is 2.80. The normalized spacial score (nSPS) is 16.9. The minimum Gasteiger partial charge on any atom is -0.460 e. The first-order valence-corrected chi connectivity index (χ1v) is 9.12. The summed E-state index contributed by atoms with van der Waals surface area (Å²) in [7, 11) is 3.30. The molecule has 0 aliphatic heterocycles. The van der Waals surface area contributed by atoms with Crippen molar-refractivity contribution < 1.29 is 19.1 Å². The van der Waals surface area contributed by atoms with E-state index in [1.54, 1.807) is 19.1 Å². The molecule has 0 spiro atoms. The maximum atomic E-state index is 12.7. The van der Waals surface area contributed by atoms with Gasteiger partial charge in [0.2, 0.25) is 5.91 Å². The number of nitrogens with two attached hydrogens (primary N) is 1. The summed E-state index contributed by atoms with van der Waals surface area (Å²) >= 11 is 0. The van der Waals surface area contributed by atoms with E-state index < -0.39 is 17.7 Å². The van der Waals surface area contributed by atoms with Crippen LogP contribution in [-0.4, -0.2) is 54.7 Å². The van der Waals surface area contributed by atoms with Crippen molar-refractivity contribution in [3.63, 3.8) is 0 Å². The molecule has 1 amide bonds. The zero-order chi connectivity index (χ0) is 19.9. The third kappa shape index (κ3) is 7.74. The number of likely N-dealkylation sites (N-methyl/N-ethyl adjacent to an activating group) is 1. The molecular formula is C19H38N2O4. The number of ether oxygens (including phenoxy) is 2. The Kier molecular flexibility index (Phi) is 9.66. The summed E-state index contributed by atoms with van der Waals surface area (Å²) in [6, 6.07) is -0.824. The lowest BCUT2D eigenvalue weighted by atomic mass is 9.90. The average molecular weight is 359 g/mol. The number of hydrogen-bond donors (Lipinski definition) is 1. The van der Waals surface area contributed by atoms with Crippen LogP contribution in [-0.2, 0) is 19.1 Å². The van der Waals surface area contributed by atoms with Crippen molar-refractivity contribution in [3.05, 3.63) is 0 Å². The second-order valence-corrected chi connectivity index (χ2v) is 8.16. The molecule has 0 bridgehead atoms. The van der Waals surface area contributed by atoms with Crippen molar-refractivity contribution in [1.29, 1.82) is 0 Å². The van der Waals surface area contributed by atoms with Crippen molar-refractivity contribution in [2.75, 3.05) is 14.2 Å². The van der Waals surface area contributed by atoms with Gasteiger partial charge in [-0.2, -0.15) is 0 Å². The predicted octanol–water partition coefficient (Wildman–Crippen LogP) is 2.59. The lowest BCUT2D eigenvalue weighted by Gasteiger charge is -2.39. The molecule has 0 saturated heterocycles. The van der Waals surface area contributed by atoms with Crippen molar-refractivity contribution >= 4 is 11.9 Å². The molecular weight excluding hydrogens is 320 g/mol. The average Bonchev–Trinajstić information content (AvgIpc) is 2.49. The van der Waals surface area contributed by atoms with E-state index >= 15 is 0 Å². The zero-order valence-electron chi connectivity index (χ0n) is 17.5. The second-order valence-electron chi connectivity index (χ2n) is 8.16. The van der Waals surface area contributed by atoms with Gasteiger partial charge in [-0.1, -0.05) is 34.1 Å². The minimum atomic E-state index is -0.574. The molecule has 0 aliphatic rings. The first-order chi connectivity index (χ1) is 11.4. The van der Waals surface area contributed by atoms with Crippen LogP contribution in [0.2, 0.25) is 0 Å². The third-order valence-corrected chi connectivity index (χ3v) is 4.50. The highest BCUT2D eigenvalue weighted by Gasteiger charge is 2.36. The van der Waals surface area contributed by atoms with Crippen molar-refractivity contribution in [2.45, 2.75) is 85.1 Å². The van der Waals surface area contributed by atoms with Crippen LogP contribution in [0, 0.1) is 11.8 Å². The van der Waals surface area contributed by atoms with Gasteiger partial charge in [-0.25, -0.2) is 0 Å². The largest absolute Gasteiger partial charge is 0.460 e. The van der Waals surface area contributed by atoms with Crippen LogP contribution in [0.3, 0.4) is 0 Å². The summed E-state index contributed by atoms with van der Waals surface area (Å²) in [5.74, 6) is -0.270. The molecule has 0 unspecified atom stereocenters. The lowest BCUT2D eigenvalue weighted by molar-refractivity contribution is -0.160. The van der Waals surface area contributed by atoms with Gasteiger partial charge < -0.3 is 20.1 Å². The molecule has 0 aromatic carbocycles. The predicted molar refractivity (Wildman–Crippen MR) is 100 cm³/mol. The van der Waals surface area contributed by atoms with E-state index in [2.05, 4.69) is 13.8 Å². The quantitative estimate of drug-likeness (QED) is 0.641. The molecule has 4 atom stereocenters. The van der Waals surface area contributed by atoms with Crippen molar-refractivity contribution in [1.82, 2.24) is 4.90 Å². The second kappa shape index (κ2) is 10.1. The number of carbonyl (C=O) groups is 2. The molecule has 6 nitrogen and oxygen atoms in total. The Labute approximate surface area is 153 Å². The standard InChI is InChI=1S/C19H38N2O4/c1-10-13(4)17(21(8)18(23)16(20)12(2)3)14(24-9)11-15(22)25-19(5,6)7/h12-14,16-17H,10-11,20H2,1-9H3/t13-,14-,16-,17-/m0/s1. The van der Waals surface area contributed by atoms with Gasteiger partial charge in [-0.3, -0.25) is 9.59 Å². The molecule has 0 fully saturated rings. The molecule has 0 radical (unpaired) electrons. The summed E-state index contributed by atoms with van der Waals surface area (Å²) in [5, 5.41) is 0. The van der Waals surface area contributed by atoms with Gasteiger partial charge >= 0.3 is 5.97 Å². The molecule has 0 aromatic heterocycles. The van der Waals surface area contributed by atoms with E-state index in [0.29, 0.717) is 0 Å². The van der Waals surface area contributed by atoms with Crippen LogP contribution in [0.1, 0.15) is 61.3 Å². The molecule has 2 N–H and O–H groups in total. The molecule has 6 heteroatoms. The summed E-state index contributed by atoms with van der Waals surface area (Å²) in [6.45, 7) is 13.4. The van der Waals surface area contributed by atoms with Gasteiger partial charge in [-0.15, -0.1) is 0 Å². The molecule has 0 saturated carbocycles. The molecule has 0 heterocycles. The van der Waals surface area contributed by atoms with Crippen LogP contribution < -0.4 is 5.73 Å². The Bertz CT molecular complexity index is 432. The number of esters is 1. The highest BCUT2D eigenvalue weighted by Crippen LogP contribution is 2.23. The summed E-state index contributed by atoms with van der Waals surface area (Å²) in [5.41, 5.74) is 5.49. The van der Waals surface area contributed by atoms with Crippen LogP contribution in [0.25, 0.3) is 0 Å². The van der Waals surface area contributed by atoms with Crippen molar-refractivity contribution in [2.24, 2.45) is 17.6 Å². The number of hydrogen-bond acceptors (Lipinski definition) is 5. The topological polar surface area (TPSA) is 81.9 Å². The Morgan fingerprint density at radius 1 is 1.16 bits per heavy atom. The van der Waals surface area contributed by atoms with Crippen LogP contribution in [0.5, 0.6) is 0 Å². The summed E-state index contributed by atoms with van der Waals surface area (Å²) < 4.78 is 11.0. The van der Waals surface area contributed by atoms with Gasteiger partial charge in [0.15, 0.2) is 0 Å². The van der Waals surface area contributed by atoms with E-state index in [0.717, 1.165) is 6.42 Å². The Morgan fingerprint density at radius 3 is 2.04 bits per heavy atom.